The minimum absolute atomic E-state index is 0.0373. The van der Waals surface area contributed by atoms with Crippen LogP contribution in [0.5, 0.6) is 5.75 Å². The summed E-state index contributed by atoms with van der Waals surface area (Å²) in [5, 5.41) is 2.24. The first-order chi connectivity index (χ1) is 14.9. The molecule has 9 nitrogen and oxygen atoms in total. The first-order valence-electron chi connectivity index (χ1n) is 9.51. The molecule has 1 unspecified atom stereocenters. The van der Waals surface area contributed by atoms with E-state index in [1.165, 1.54) is 19.3 Å². The second kappa shape index (κ2) is 10.1. The fourth-order valence-electron chi connectivity index (χ4n) is 2.80. The summed E-state index contributed by atoms with van der Waals surface area (Å²) < 4.78 is 10.4. The average molecular weight is 443 g/mol. The quantitative estimate of drug-likeness (QED) is 0.487. The Morgan fingerprint density at radius 2 is 1.97 bits per heavy atom. The van der Waals surface area contributed by atoms with E-state index in [0.717, 1.165) is 16.7 Å². The lowest BCUT2D eigenvalue weighted by Crippen LogP contribution is -2.26. The summed E-state index contributed by atoms with van der Waals surface area (Å²) >= 11 is 1.03. The van der Waals surface area contributed by atoms with Gasteiger partial charge in [0.2, 0.25) is 11.8 Å². The molecular weight excluding hydrogens is 422 g/mol. The number of esters is 1. The highest BCUT2D eigenvalue weighted by Gasteiger charge is 2.37. The zero-order valence-electron chi connectivity index (χ0n) is 17.0. The van der Waals surface area contributed by atoms with E-state index in [1.807, 2.05) is 6.92 Å². The fraction of sp³-hybridized carbons (Fsp3) is 0.286. The lowest BCUT2D eigenvalue weighted by Gasteiger charge is -2.11. The number of pyridine rings is 1. The van der Waals surface area contributed by atoms with E-state index in [-0.39, 0.29) is 28.8 Å². The van der Waals surface area contributed by atoms with Crippen molar-refractivity contribution >= 4 is 41.1 Å². The van der Waals surface area contributed by atoms with Gasteiger partial charge in [0.1, 0.15) is 10.8 Å². The number of nitrogens with zero attached hydrogens (tertiary/aromatic N) is 2. The Labute approximate surface area is 183 Å². The van der Waals surface area contributed by atoms with Gasteiger partial charge in [0.05, 0.1) is 17.4 Å². The van der Waals surface area contributed by atoms with E-state index in [9.17, 15) is 19.2 Å². The SMILES string of the molecule is CCOc1ccc(NC(=O)COC(=O)c2cccnc2SC2CC(=O)N(C)C2=O)cc1. The van der Waals surface area contributed by atoms with Crippen molar-refractivity contribution in [3.05, 3.63) is 48.2 Å². The predicted octanol–water partition coefficient (Wildman–Crippen LogP) is 2.13. The largest absolute Gasteiger partial charge is 0.494 e. The Morgan fingerprint density at radius 1 is 1.23 bits per heavy atom. The van der Waals surface area contributed by atoms with Crippen LogP contribution in [0.4, 0.5) is 5.69 Å². The van der Waals surface area contributed by atoms with Crippen molar-refractivity contribution in [1.29, 1.82) is 0 Å². The van der Waals surface area contributed by atoms with Gasteiger partial charge in [0.15, 0.2) is 6.61 Å². The maximum Gasteiger partial charge on any atom is 0.341 e. The second-order valence-electron chi connectivity index (χ2n) is 6.54. The molecular formula is C21H21N3O6S. The van der Waals surface area contributed by atoms with Gasteiger partial charge in [-0.2, -0.15) is 0 Å². The number of anilines is 1. The van der Waals surface area contributed by atoms with Crippen LogP contribution in [0.3, 0.4) is 0 Å². The van der Waals surface area contributed by atoms with E-state index in [2.05, 4.69) is 10.3 Å². The van der Waals surface area contributed by atoms with Crippen molar-refractivity contribution in [1.82, 2.24) is 9.88 Å². The summed E-state index contributed by atoms with van der Waals surface area (Å²) in [6, 6.07) is 9.84. The highest BCUT2D eigenvalue weighted by atomic mass is 32.2. The molecule has 1 aromatic carbocycles. The highest BCUT2D eigenvalue weighted by Crippen LogP contribution is 2.31. The minimum Gasteiger partial charge on any atom is -0.494 e. The number of hydrogen-bond donors (Lipinski definition) is 1. The topological polar surface area (TPSA) is 115 Å². The Kier molecular flexibility index (Phi) is 7.24. The van der Waals surface area contributed by atoms with Crippen molar-refractivity contribution in [2.24, 2.45) is 0 Å². The van der Waals surface area contributed by atoms with Crippen molar-refractivity contribution in [3.8, 4) is 5.75 Å². The molecule has 1 fully saturated rings. The van der Waals surface area contributed by atoms with Crippen LogP contribution in [0.2, 0.25) is 0 Å². The molecule has 1 aliphatic heterocycles. The molecule has 1 aliphatic rings. The van der Waals surface area contributed by atoms with Crippen LogP contribution in [-0.2, 0) is 19.1 Å². The lowest BCUT2D eigenvalue weighted by atomic mass is 10.3. The number of imide groups is 1. The molecule has 0 saturated carbocycles. The smallest absolute Gasteiger partial charge is 0.341 e. The van der Waals surface area contributed by atoms with Gasteiger partial charge in [-0.25, -0.2) is 9.78 Å². The first kappa shape index (κ1) is 22.3. The molecule has 10 heteroatoms. The Balaban J connectivity index is 1.57. The van der Waals surface area contributed by atoms with Crippen LogP contribution >= 0.6 is 11.8 Å². The van der Waals surface area contributed by atoms with Gasteiger partial charge in [0.25, 0.3) is 5.91 Å². The van der Waals surface area contributed by atoms with Gasteiger partial charge >= 0.3 is 5.97 Å². The highest BCUT2D eigenvalue weighted by molar-refractivity contribution is 8.00. The number of thioether (sulfide) groups is 1. The summed E-state index contributed by atoms with van der Waals surface area (Å²) in [7, 11) is 1.42. The monoisotopic (exact) mass is 443 g/mol. The minimum atomic E-state index is -0.748. The Hall–Kier alpha value is -3.40. The molecule has 3 rings (SSSR count). The first-order valence-corrected chi connectivity index (χ1v) is 10.4. The maximum atomic E-state index is 12.5. The molecule has 1 aromatic heterocycles. The Morgan fingerprint density at radius 3 is 2.61 bits per heavy atom. The summed E-state index contributed by atoms with van der Waals surface area (Å²) in [5.74, 6) is -1.19. The molecule has 0 radical (unpaired) electrons. The summed E-state index contributed by atoms with van der Waals surface area (Å²) in [5.41, 5.74) is 0.659. The molecule has 1 atom stereocenters. The number of amides is 3. The third kappa shape index (κ3) is 5.60. The van der Waals surface area contributed by atoms with Gasteiger partial charge in [-0.05, 0) is 43.3 Å². The zero-order valence-corrected chi connectivity index (χ0v) is 17.8. The molecule has 0 bridgehead atoms. The fourth-order valence-corrected chi connectivity index (χ4v) is 3.95. The molecule has 2 aromatic rings. The predicted molar refractivity (Wildman–Crippen MR) is 113 cm³/mol. The normalized spacial score (nSPS) is 15.7. The van der Waals surface area contributed by atoms with E-state index < -0.39 is 23.7 Å². The Bertz CT molecular complexity index is 995. The number of aromatic nitrogens is 1. The summed E-state index contributed by atoms with van der Waals surface area (Å²) in [6.45, 7) is 1.92. The molecule has 3 amide bonds. The van der Waals surface area contributed by atoms with E-state index in [4.69, 9.17) is 9.47 Å². The van der Waals surface area contributed by atoms with Gasteiger partial charge in [-0.1, -0.05) is 11.8 Å². The average Bonchev–Trinajstić information content (AvgIpc) is 3.00. The number of likely N-dealkylation sites (tertiary alicyclic amines) is 1. The van der Waals surface area contributed by atoms with Crippen molar-refractivity contribution < 1.29 is 28.7 Å². The van der Waals surface area contributed by atoms with Gasteiger partial charge in [-0.3, -0.25) is 19.3 Å². The third-order valence-electron chi connectivity index (χ3n) is 4.37. The number of hydrogen-bond acceptors (Lipinski definition) is 8. The van der Waals surface area contributed by atoms with Crippen LogP contribution in [-0.4, -0.2) is 59.1 Å². The zero-order chi connectivity index (χ0) is 22.4. The lowest BCUT2D eigenvalue weighted by molar-refractivity contribution is -0.136. The second-order valence-corrected chi connectivity index (χ2v) is 7.73. The number of carbonyl (C=O) groups is 4. The number of rotatable bonds is 8. The van der Waals surface area contributed by atoms with Crippen molar-refractivity contribution in [3.63, 3.8) is 0 Å². The number of nitrogens with one attached hydrogen (secondary N) is 1. The number of ether oxygens (including phenoxy) is 2. The molecule has 0 aliphatic carbocycles. The van der Waals surface area contributed by atoms with Crippen LogP contribution in [0, 0.1) is 0 Å². The molecule has 31 heavy (non-hydrogen) atoms. The standard InChI is InChI=1S/C21H21N3O6S/c1-3-29-14-8-6-13(7-9-14)23-17(25)12-30-21(28)15-5-4-10-22-19(15)31-16-11-18(26)24(2)20(16)27/h4-10,16H,3,11-12H2,1-2H3,(H,23,25). The van der Waals surface area contributed by atoms with Gasteiger partial charge in [-0.15, -0.1) is 0 Å². The van der Waals surface area contributed by atoms with E-state index in [0.29, 0.717) is 18.0 Å². The van der Waals surface area contributed by atoms with Gasteiger partial charge < -0.3 is 14.8 Å². The van der Waals surface area contributed by atoms with Gasteiger partial charge in [0, 0.05) is 25.4 Å². The van der Waals surface area contributed by atoms with Crippen LogP contribution < -0.4 is 10.1 Å². The molecule has 1 saturated heterocycles. The summed E-state index contributed by atoms with van der Waals surface area (Å²) in [6.07, 6.45) is 1.51. The number of benzene rings is 1. The molecule has 0 spiro atoms. The van der Waals surface area contributed by atoms with E-state index in [1.54, 1.807) is 30.3 Å². The number of carbonyl (C=O) groups excluding carboxylic acids is 4. The van der Waals surface area contributed by atoms with Crippen LogP contribution in [0.1, 0.15) is 23.7 Å². The van der Waals surface area contributed by atoms with Crippen molar-refractivity contribution in [2.45, 2.75) is 23.6 Å². The molecule has 162 valence electrons. The summed E-state index contributed by atoms with van der Waals surface area (Å²) in [4.78, 5) is 53.6. The van der Waals surface area contributed by atoms with Crippen LogP contribution in [0.15, 0.2) is 47.6 Å². The van der Waals surface area contributed by atoms with Crippen LogP contribution in [0.25, 0.3) is 0 Å². The third-order valence-corrected chi connectivity index (χ3v) is 5.57. The maximum absolute atomic E-state index is 12.5. The van der Waals surface area contributed by atoms with Crippen molar-refractivity contribution in [2.75, 3.05) is 25.6 Å². The molecule has 1 N–H and O–H groups in total. The molecule has 2 heterocycles. The van der Waals surface area contributed by atoms with E-state index >= 15 is 0 Å².